The molecule has 84 valence electrons. The van der Waals surface area contributed by atoms with Crippen LogP contribution in [0.1, 0.15) is 4.88 Å². The predicted molar refractivity (Wildman–Crippen MR) is 70.7 cm³/mol. The smallest absolute Gasteiger partial charge is 0.128 e. The number of hydrogen-bond donors (Lipinski definition) is 0. The van der Waals surface area contributed by atoms with Gasteiger partial charge in [0.05, 0.1) is 15.9 Å². The highest BCUT2D eigenvalue weighted by atomic mass is 35.5. The van der Waals surface area contributed by atoms with Gasteiger partial charge in [0.15, 0.2) is 0 Å². The molecule has 0 amide bonds. The van der Waals surface area contributed by atoms with Crippen LogP contribution in [-0.4, -0.2) is 12.0 Å². The van der Waals surface area contributed by atoms with Crippen LogP contribution in [0.15, 0.2) is 30.5 Å². The summed E-state index contributed by atoms with van der Waals surface area (Å²) in [7, 11) is 1.99. The van der Waals surface area contributed by atoms with Crippen LogP contribution in [0.25, 0.3) is 0 Å². The number of aromatic nitrogens is 1. The Hall–Kier alpha value is -0.770. The van der Waals surface area contributed by atoms with Crippen LogP contribution in [0.3, 0.4) is 0 Å². The minimum atomic E-state index is 0.649. The molecule has 0 saturated carbocycles. The van der Waals surface area contributed by atoms with Crippen molar-refractivity contribution in [1.29, 1.82) is 0 Å². The molecular weight excluding hydrogens is 263 g/mol. The van der Waals surface area contributed by atoms with Crippen LogP contribution in [-0.2, 0) is 6.54 Å². The van der Waals surface area contributed by atoms with Gasteiger partial charge in [-0.2, -0.15) is 0 Å². The lowest BCUT2D eigenvalue weighted by atomic mass is 10.4. The summed E-state index contributed by atoms with van der Waals surface area (Å²) in [4.78, 5) is 7.51. The summed E-state index contributed by atoms with van der Waals surface area (Å²) in [5.41, 5.74) is 0. The zero-order valence-electron chi connectivity index (χ0n) is 8.65. The number of rotatable bonds is 3. The molecule has 0 radical (unpaired) electrons. The van der Waals surface area contributed by atoms with E-state index < -0.39 is 0 Å². The summed E-state index contributed by atoms with van der Waals surface area (Å²) >= 11 is 13.2. The number of hydrogen-bond acceptors (Lipinski definition) is 3. The van der Waals surface area contributed by atoms with Gasteiger partial charge >= 0.3 is 0 Å². The van der Waals surface area contributed by atoms with Gasteiger partial charge in [-0.15, -0.1) is 11.3 Å². The Kier molecular flexibility index (Phi) is 3.69. The summed E-state index contributed by atoms with van der Waals surface area (Å²) < 4.78 is 0.812. The van der Waals surface area contributed by atoms with E-state index in [0.717, 1.165) is 16.7 Å². The van der Waals surface area contributed by atoms with E-state index in [2.05, 4.69) is 9.88 Å². The average Bonchev–Trinajstić information content (AvgIpc) is 2.65. The molecule has 0 aliphatic rings. The normalized spacial score (nSPS) is 10.4. The van der Waals surface area contributed by atoms with E-state index >= 15 is 0 Å². The Labute approximate surface area is 108 Å². The number of thiophene rings is 1. The van der Waals surface area contributed by atoms with Crippen LogP contribution < -0.4 is 4.90 Å². The molecule has 0 atom stereocenters. The lowest BCUT2D eigenvalue weighted by Crippen LogP contribution is -2.16. The van der Waals surface area contributed by atoms with Crippen LogP contribution >= 0.6 is 34.5 Å². The number of pyridine rings is 1. The Bertz CT molecular complexity index is 467. The fraction of sp³-hybridized carbons (Fsp3) is 0.182. The summed E-state index contributed by atoms with van der Waals surface area (Å²) in [6, 6.07) is 7.67. The van der Waals surface area contributed by atoms with Gasteiger partial charge in [-0.1, -0.05) is 23.2 Å². The van der Waals surface area contributed by atoms with Crippen LogP contribution in [0.2, 0.25) is 9.36 Å². The van der Waals surface area contributed by atoms with Gasteiger partial charge in [0.1, 0.15) is 5.82 Å². The quantitative estimate of drug-likeness (QED) is 0.837. The SMILES string of the molecule is CN(Cc1ccc(Cl)s1)c1ccc(Cl)cn1. The van der Waals surface area contributed by atoms with Crippen molar-refractivity contribution in [3.63, 3.8) is 0 Å². The number of nitrogens with zero attached hydrogens (tertiary/aromatic N) is 2. The highest BCUT2D eigenvalue weighted by Gasteiger charge is 2.05. The predicted octanol–water partition coefficient (Wildman–Crippen LogP) is 4.09. The van der Waals surface area contributed by atoms with Crippen molar-refractivity contribution in [2.45, 2.75) is 6.54 Å². The molecule has 0 unspecified atom stereocenters. The lowest BCUT2D eigenvalue weighted by Gasteiger charge is -2.16. The van der Waals surface area contributed by atoms with Crippen LogP contribution in [0, 0.1) is 0 Å². The van der Waals surface area contributed by atoms with E-state index in [9.17, 15) is 0 Å². The number of halogens is 2. The second kappa shape index (κ2) is 5.04. The van der Waals surface area contributed by atoms with Crippen molar-refractivity contribution in [3.8, 4) is 0 Å². The first-order valence-electron chi connectivity index (χ1n) is 4.72. The second-order valence-electron chi connectivity index (χ2n) is 3.40. The largest absolute Gasteiger partial charge is 0.355 e. The van der Waals surface area contributed by atoms with Crippen LogP contribution in [0.5, 0.6) is 0 Å². The molecule has 2 nitrogen and oxygen atoms in total. The molecule has 0 spiro atoms. The lowest BCUT2D eigenvalue weighted by molar-refractivity contribution is 0.913. The zero-order valence-corrected chi connectivity index (χ0v) is 11.0. The fourth-order valence-corrected chi connectivity index (χ4v) is 2.60. The van der Waals surface area contributed by atoms with Gasteiger partial charge in [-0.25, -0.2) is 4.98 Å². The molecule has 0 aliphatic carbocycles. The minimum absolute atomic E-state index is 0.649. The van der Waals surface area contributed by atoms with Crippen LogP contribution in [0.4, 0.5) is 5.82 Å². The van der Waals surface area contributed by atoms with Gasteiger partial charge in [-0.05, 0) is 24.3 Å². The van der Waals surface area contributed by atoms with Crippen molar-refractivity contribution < 1.29 is 0 Å². The van der Waals surface area contributed by atoms with E-state index in [1.54, 1.807) is 17.5 Å². The standard InChI is InChI=1S/C11H10Cl2N2S/c1-15(7-9-3-4-10(13)16-9)11-5-2-8(12)6-14-11/h2-6H,7H2,1H3. The minimum Gasteiger partial charge on any atom is -0.355 e. The van der Waals surface area contributed by atoms with Crippen molar-refractivity contribution >= 4 is 40.4 Å². The molecular formula is C11H10Cl2N2S. The van der Waals surface area contributed by atoms with Crippen molar-refractivity contribution in [1.82, 2.24) is 4.98 Å². The molecule has 2 heterocycles. The molecule has 2 aromatic rings. The van der Waals surface area contributed by atoms with E-state index in [1.165, 1.54) is 4.88 Å². The maximum absolute atomic E-state index is 5.88. The maximum Gasteiger partial charge on any atom is 0.128 e. The van der Waals surface area contributed by atoms with Gasteiger partial charge < -0.3 is 4.90 Å². The molecule has 5 heteroatoms. The Morgan fingerprint density at radius 3 is 2.62 bits per heavy atom. The van der Waals surface area contributed by atoms with Crippen molar-refractivity contribution in [3.05, 3.63) is 44.7 Å². The summed E-state index contributed by atoms with van der Waals surface area (Å²) in [6.45, 7) is 0.798. The molecule has 0 saturated heterocycles. The monoisotopic (exact) mass is 272 g/mol. The molecule has 0 aromatic carbocycles. The Morgan fingerprint density at radius 2 is 2.06 bits per heavy atom. The molecule has 0 fully saturated rings. The van der Waals surface area contributed by atoms with Crippen molar-refractivity contribution in [2.75, 3.05) is 11.9 Å². The summed E-state index contributed by atoms with van der Waals surface area (Å²) in [5, 5.41) is 0.649. The Morgan fingerprint density at radius 1 is 1.25 bits per heavy atom. The molecule has 0 N–H and O–H groups in total. The topological polar surface area (TPSA) is 16.1 Å². The molecule has 2 aromatic heterocycles. The highest BCUT2D eigenvalue weighted by Crippen LogP contribution is 2.24. The average molecular weight is 273 g/mol. The molecule has 2 rings (SSSR count). The highest BCUT2D eigenvalue weighted by molar-refractivity contribution is 7.16. The Balaban J connectivity index is 2.08. The number of anilines is 1. The van der Waals surface area contributed by atoms with Crippen molar-refractivity contribution in [2.24, 2.45) is 0 Å². The van der Waals surface area contributed by atoms with Gasteiger partial charge in [0.2, 0.25) is 0 Å². The van der Waals surface area contributed by atoms with Gasteiger partial charge in [0.25, 0.3) is 0 Å². The second-order valence-corrected chi connectivity index (χ2v) is 5.63. The van der Waals surface area contributed by atoms with E-state index in [4.69, 9.17) is 23.2 Å². The fourth-order valence-electron chi connectivity index (χ4n) is 1.35. The first kappa shape index (κ1) is 11.7. The molecule has 16 heavy (non-hydrogen) atoms. The maximum atomic E-state index is 5.88. The first-order valence-corrected chi connectivity index (χ1v) is 6.29. The summed E-state index contributed by atoms with van der Waals surface area (Å²) in [5.74, 6) is 0.897. The van der Waals surface area contributed by atoms with E-state index in [-0.39, 0.29) is 0 Å². The molecule has 0 aliphatic heterocycles. The third-order valence-corrected chi connectivity index (χ3v) is 3.56. The molecule has 0 bridgehead atoms. The third-order valence-electron chi connectivity index (χ3n) is 2.12. The third kappa shape index (κ3) is 2.88. The summed E-state index contributed by atoms with van der Waals surface area (Å²) in [6.07, 6.45) is 1.65. The van der Waals surface area contributed by atoms with E-state index in [1.807, 2.05) is 31.3 Å². The zero-order chi connectivity index (χ0) is 11.5. The first-order chi connectivity index (χ1) is 7.65. The van der Waals surface area contributed by atoms with Gasteiger partial charge in [-0.3, -0.25) is 0 Å². The van der Waals surface area contributed by atoms with Gasteiger partial charge in [0, 0.05) is 18.1 Å². The van der Waals surface area contributed by atoms with E-state index in [0.29, 0.717) is 5.02 Å².